The van der Waals surface area contributed by atoms with E-state index in [-0.39, 0.29) is 37.8 Å². The van der Waals surface area contributed by atoms with E-state index in [0.717, 1.165) is 37.3 Å². The van der Waals surface area contributed by atoms with Gasteiger partial charge in [-0.1, -0.05) is 51.0 Å². The maximum Gasteiger partial charge on any atom is 0.573 e. The fourth-order valence-corrected chi connectivity index (χ4v) is 4.24. The Balaban J connectivity index is 2.09. The molecule has 11 heteroatoms. The summed E-state index contributed by atoms with van der Waals surface area (Å²) in [5.74, 6) is -1.27. The summed E-state index contributed by atoms with van der Waals surface area (Å²) < 4.78 is 58.9. The highest BCUT2D eigenvalue weighted by Crippen LogP contribution is 2.32. The second-order valence-electron chi connectivity index (χ2n) is 9.23. The van der Waals surface area contributed by atoms with Crippen LogP contribution in [0.4, 0.5) is 18.0 Å². The van der Waals surface area contributed by atoms with E-state index in [4.69, 9.17) is 14.2 Å². The molecule has 1 atom stereocenters. The number of hydrogen-bond donors (Lipinski definition) is 1. The largest absolute Gasteiger partial charge is 0.573 e. The van der Waals surface area contributed by atoms with Crippen molar-refractivity contribution >= 4 is 12.1 Å². The molecule has 40 heavy (non-hydrogen) atoms. The van der Waals surface area contributed by atoms with Gasteiger partial charge in [0, 0.05) is 19.6 Å². The minimum absolute atomic E-state index is 0.108. The normalized spacial score (nSPS) is 12.2. The lowest BCUT2D eigenvalue weighted by molar-refractivity contribution is -0.275. The number of aliphatic carboxylic acids is 1. The monoisotopic (exact) mass is 569 g/mol. The van der Waals surface area contributed by atoms with Crippen molar-refractivity contribution in [2.75, 3.05) is 26.3 Å². The van der Waals surface area contributed by atoms with Crippen molar-refractivity contribution in [2.45, 2.75) is 65.3 Å². The van der Waals surface area contributed by atoms with Crippen molar-refractivity contribution in [3.05, 3.63) is 54.1 Å². The summed E-state index contributed by atoms with van der Waals surface area (Å²) in [4.78, 5) is 25.9. The molecule has 222 valence electrons. The van der Waals surface area contributed by atoms with Gasteiger partial charge < -0.3 is 29.0 Å². The van der Waals surface area contributed by atoms with E-state index in [9.17, 15) is 27.9 Å². The van der Waals surface area contributed by atoms with Crippen LogP contribution in [-0.2, 0) is 16.0 Å². The van der Waals surface area contributed by atoms with Crippen LogP contribution >= 0.6 is 0 Å². The second kappa shape index (κ2) is 16.6. The highest BCUT2D eigenvalue weighted by atomic mass is 19.4. The lowest BCUT2D eigenvalue weighted by Gasteiger charge is -2.27. The number of alkyl halides is 3. The maximum absolute atomic E-state index is 13.1. The number of benzene rings is 2. The number of carboxylic acid groups (broad SMARTS) is 1. The van der Waals surface area contributed by atoms with Gasteiger partial charge in [0.1, 0.15) is 12.4 Å². The summed E-state index contributed by atoms with van der Waals surface area (Å²) in [6.07, 6.45) is -2.86. The van der Waals surface area contributed by atoms with Crippen molar-refractivity contribution in [1.82, 2.24) is 4.90 Å². The molecule has 1 amide bonds. The predicted molar refractivity (Wildman–Crippen MR) is 143 cm³/mol. The van der Waals surface area contributed by atoms with Crippen LogP contribution in [-0.4, -0.2) is 60.8 Å². The summed E-state index contributed by atoms with van der Waals surface area (Å²) in [6, 6.07) is 12.0. The van der Waals surface area contributed by atoms with Crippen molar-refractivity contribution in [1.29, 1.82) is 0 Å². The van der Waals surface area contributed by atoms with Crippen LogP contribution in [0.15, 0.2) is 48.5 Å². The molecule has 0 spiro atoms. The van der Waals surface area contributed by atoms with E-state index in [1.165, 1.54) is 23.1 Å². The number of carbonyl (C=O) groups is 2. The van der Waals surface area contributed by atoms with Gasteiger partial charge in [-0.2, -0.15) is 0 Å². The van der Waals surface area contributed by atoms with Crippen LogP contribution in [0.2, 0.25) is 0 Å². The number of hydrogen-bond acceptors (Lipinski definition) is 6. The molecule has 0 aliphatic carbocycles. The summed E-state index contributed by atoms with van der Waals surface area (Å²) in [5.41, 5.74) is 0.764. The minimum atomic E-state index is -4.93. The van der Waals surface area contributed by atoms with E-state index >= 15 is 0 Å². The van der Waals surface area contributed by atoms with Crippen LogP contribution in [0.5, 0.6) is 17.2 Å². The molecule has 0 aliphatic rings. The minimum Gasteiger partial charge on any atom is -0.492 e. The third-order valence-electron chi connectivity index (χ3n) is 6.02. The number of nitrogens with zero attached hydrogens (tertiary/aromatic N) is 1. The summed E-state index contributed by atoms with van der Waals surface area (Å²) in [7, 11) is 0. The lowest BCUT2D eigenvalue weighted by atomic mass is 9.98. The third-order valence-corrected chi connectivity index (χ3v) is 6.02. The molecule has 1 N–H and O–H groups in total. The van der Waals surface area contributed by atoms with Gasteiger partial charge in [-0.3, -0.25) is 0 Å². The maximum atomic E-state index is 13.1. The third kappa shape index (κ3) is 11.7. The average Bonchev–Trinajstić information content (AvgIpc) is 2.89. The smallest absolute Gasteiger partial charge is 0.492 e. The van der Waals surface area contributed by atoms with Crippen LogP contribution in [0.1, 0.15) is 52.0 Å². The van der Waals surface area contributed by atoms with E-state index < -0.39 is 30.3 Å². The molecule has 0 radical (unpaired) electrons. The van der Waals surface area contributed by atoms with E-state index in [1.807, 2.05) is 0 Å². The van der Waals surface area contributed by atoms with Gasteiger partial charge in [0.25, 0.3) is 0 Å². The number of carbonyl (C=O) groups excluding carboxylic acids is 1. The van der Waals surface area contributed by atoms with Gasteiger partial charge in [-0.25, -0.2) is 9.59 Å². The number of halogens is 3. The first-order valence-corrected chi connectivity index (χ1v) is 13.4. The van der Waals surface area contributed by atoms with Crippen LogP contribution < -0.4 is 14.2 Å². The van der Waals surface area contributed by atoms with Gasteiger partial charge in [0.15, 0.2) is 17.6 Å². The van der Waals surface area contributed by atoms with Crippen molar-refractivity contribution in [3.8, 4) is 17.2 Å². The fourth-order valence-electron chi connectivity index (χ4n) is 4.24. The molecule has 0 heterocycles. The van der Waals surface area contributed by atoms with Gasteiger partial charge in [0.05, 0.1) is 6.54 Å². The molecule has 0 bridgehead atoms. The van der Waals surface area contributed by atoms with Gasteiger partial charge in [-0.05, 0) is 55.5 Å². The fraction of sp³-hybridized carbons (Fsp3) is 0.517. The number of ether oxygens (including phenoxy) is 4. The topological polar surface area (TPSA) is 94.5 Å². The Bertz CT molecular complexity index is 1040. The molecule has 2 aromatic rings. The lowest BCUT2D eigenvalue weighted by Crippen LogP contribution is -2.40. The first-order valence-electron chi connectivity index (χ1n) is 13.4. The van der Waals surface area contributed by atoms with Crippen molar-refractivity contribution in [2.24, 2.45) is 5.92 Å². The van der Waals surface area contributed by atoms with E-state index in [0.29, 0.717) is 12.3 Å². The Morgan fingerprint density at radius 2 is 1.57 bits per heavy atom. The zero-order valence-electron chi connectivity index (χ0n) is 23.1. The zero-order chi connectivity index (χ0) is 29.5. The van der Waals surface area contributed by atoms with Gasteiger partial charge >= 0.3 is 18.4 Å². The Labute approximate surface area is 233 Å². The molecule has 2 aromatic carbocycles. The van der Waals surface area contributed by atoms with E-state index in [2.05, 4.69) is 18.6 Å². The molecule has 2 rings (SSSR count). The highest BCUT2D eigenvalue weighted by molar-refractivity contribution is 5.73. The Hall–Kier alpha value is -3.47. The van der Waals surface area contributed by atoms with E-state index in [1.54, 1.807) is 31.2 Å². The first kappa shape index (κ1) is 32.7. The summed E-state index contributed by atoms with van der Waals surface area (Å²) in [6.45, 7) is 6.73. The first-order chi connectivity index (χ1) is 19.1. The standard InChI is InChI=1S/C29H38F3NO7/c1-4-9-22(10-5-2)20-33(28(36)39-24-11-7-8-12-25(24)40-29(30,31)32)17-18-38-23-15-13-21(14-16-23)19-26(27(34)35)37-6-3/h7-8,11-16,22,26H,4-6,9-10,17-20H2,1-3H3,(H,34,35). The van der Waals surface area contributed by atoms with Crippen LogP contribution in [0, 0.1) is 5.92 Å². The molecule has 8 nitrogen and oxygen atoms in total. The molecule has 1 unspecified atom stereocenters. The Morgan fingerprint density at radius 3 is 2.12 bits per heavy atom. The second-order valence-corrected chi connectivity index (χ2v) is 9.23. The van der Waals surface area contributed by atoms with Crippen LogP contribution in [0.25, 0.3) is 0 Å². The number of amides is 1. The molecule has 0 saturated carbocycles. The predicted octanol–water partition coefficient (Wildman–Crippen LogP) is 6.71. The molecule has 0 fully saturated rings. The molecular formula is C29H38F3NO7. The van der Waals surface area contributed by atoms with Crippen molar-refractivity contribution in [3.63, 3.8) is 0 Å². The van der Waals surface area contributed by atoms with Gasteiger partial charge in [-0.15, -0.1) is 13.2 Å². The number of carboxylic acids is 1. The van der Waals surface area contributed by atoms with Crippen LogP contribution in [0.3, 0.4) is 0 Å². The molecular weight excluding hydrogens is 531 g/mol. The number of rotatable bonds is 17. The highest BCUT2D eigenvalue weighted by Gasteiger charge is 2.33. The summed E-state index contributed by atoms with van der Waals surface area (Å²) >= 11 is 0. The molecule has 0 aromatic heterocycles. The Kier molecular flexibility index (Phi) is 13.6. The number of para-hydroxylation sites is 2. The van der Waals surface area contributed by atoms with Gasteiger partial charge in [0.2, 0.25) is 0 Å². The summed E-state index contributed by atoms with van der Waals surface area (Å²) in [5, 5.41) is 9.27. The quantitative estimate of drug-likeness (QED) is 0.226. The average molecular weight is 570 g/mol. The molecule has 0 saturated heterocycles. The molecule has 0 aliphatic heterocycles. The Morgan fingerprint density at radius 1 is 0.950 bits per heavy atom. The van der Waals surface area contributed by atoms with Crippen molar-refractivity contribution < 1.29 is 46.8 Å². The SMILES string of the molecule is CCCC(CCC)CN(CCOc1ccc(CC(OCC)C(=O)O)cc1)C(=O)Oc1ccccc1OC(F)(F)F. The zero-order valence-corrected chi connectivity index (χ0v) is 23.1.